The minimum atomic E-state index is -3.54. The number of hydrogen-bond acceptors (Lipinski definition) is 5. The Morgan fingerprint density at radius 1 is 1.44 bits per heavy atom. The van der Waals surface area contributed by atoms with Gasteiger partial charge in [-0.05, 0) is 19.8 Å². The first-order valence-corrected chi connectivity index (χ1v) is 7.23. The second kappa shape index (κ2) is 6.83. The highest BCUT2D eigenvalue weighted by molar-refractivity contribution is 7.89. The second-order valence-corrected chi connectivity index (χ2v) is 5.63. The van der Waals surface area contributed by atoms with Crippen LogP contribution in [-0.4, -0.2) is 38.9 Å². The van der Waals surface area contributed by atoms with Crippen LogP contribution < -0.4 is 10.5 Å². The summed E-state index contributed by atoms with van der Waals surface area (Å²) in [5.74, 6) is 0. The largest absolute Gasteiger partial charge is 0.385 e. The lowest BCUT2D eigenvalue weighted by molar-refractivity contribution is 0.193. The molecule has 0 unspecified atom stereocenters. The zero-order chi connectivity index (χ0) is 13.6. The molecular formula is C10H20N4O3S. The summed E-state index contributed by atoms with van der Waals surface area (Å²) in [5, 5.41) is 6.50. The van der Waals surface area contributed by atoms with Gasteiger partial charge in [0.2, 0.25) is 10.0 Å². The van der Waals surface area contributed by atoms with Gasteiger partial charge >= 0.3 is 0 Å². The molecule has 0 atom stereocenters. The first-order chi connectivity index (χ1) is 8.53. The average molecular weight is 276 g/mol. The Morgan fingerprint density at radius 3 is 2.78 bits per heavy atom. The van der Waals surface area contributed by atoms with Gasteiger partial charge in [-0.3, -0.25) is 5.10 Å². The maximum atomic E-state index is 12.1. The normalized spacial score (nSPS) is 11.9. The van der Waals surface area contributed by atoms with Crippen LogP contribution >= 0.6 is 0 Å². The molecule has 0 spiro atoms. The highest BCUT2D eigenvalue weighted by atomic mass is 32.2. The van der Waals surface area contributed by atoms with Gasteiger partial charge in [0.1, 0.15) is 4.90 Å². The third kappa shape index (κ3) is 3.77. The van der Waals surface area contributed by atoms with E-state index in [2.05, 4.69) is 14.9 Å². The molecule has 0 fully saturated rings. The predicted octanol–water partition coefficient (Wildman–Crippen LogP) is -0.118. The van der Waals surface area contributed by atoms with Crippen molar-refractivity contribution in [3.8, 4) is 0 Å². The summed E-state index contributed by atoms with van der Waals surface area (Å²) < 4.78 is 31.6. The Kier molecular flexibility index (Phi) is 5.73. The topological polar surface area (TPSA) is 110 Å². The molecule has 0 saturated heterocycles. The van der Waals surface area contributed by atoms with E-state index in [0.717, 1.165) is 12.8 Å². The molecule has 0 radical (unpaired) electrons. The Bertz CT molecular complexity index is 469. The zero-order valence-electron chi connectivity index (χ0n) is 10.7. The molecule has 0 saturated carbocycles. The highest BCUT2D eigenvalue weighted by Crippen LogP contribution is 2.16. The molecule has 0 aromatic carbocycles. The van der Waals surface area contributed by atoms with E-state index >= 15 is 0 Å². The number of H-pyrrole nitrogens is 1. The number of nitrogens with two attached hydrogens (primary N) is 1. The molecule has 0 amide bonds. The smallest absolute Gasteiger partial charge is 0.244 e. The van der Waals surface area contributed by atoms with Crippen LogP contribution in [0.2, 0.25) is 0 Å². The molecule has 1 aromatic rings. The summed E-state index contributed by atoms with van der Waals surface area (Å²) in [5.41, 5.74) is 6.32. The fourth-order valence-corrected chi connectivity index (χ4v) is 3.06. The lowest BCUT2D eigenvalue weighted by atomic mass is 10.3. The minimum Gasteiger partial charge on any atom is -0.385 e. The average Bonchev–Trinajstić information content (AvgIpc) is 2.71. The van der Waals surface area contributed by atoms with Crippen molar-refractivity contribution < 1.29 is 13.2 Å². The van der Waals surface area contributed by atoms with Crippen molar-refractivity contribution in [2.24, 2.45) is 5.73 Å². The third-order valence-corrected chi connectivity index (χ3v) is 4.15. The van der Waals surface area contributed by atoms with Gasteiger partial charge in [0, 0.05) is 26.8 Å². The summed E-state index contributed by atoms with van der Waals surface area (Å²) in [6.45, 7) is 2.75. The molecule has 0 aliphatic rings. The van der Waals surface area contributed by atoms with Crippen LogP contribution in [0.25, 0.3) is 0 Å². The van der Waals surface area contributed by atoms with E-state index in [1.54, 1.807) is 14.0 Å². The number of nitrogens with zero attached hydrogens (tertiary/aromatic N) is 1. The molecule has 1 aromatic heterocycles. The number of hydrogen-bond donors (Lipinski definition) is 3. The fraction of sp³-hybridized carbons (Fsp3) is 0.700. The number of rotatable bonds is 8. The molecule has 4 N–H and O–H groups in total. The molecule has 104 valence electrons. The van der Waals surface area contributed by atoms with Crippen molar-refractivity contribution in [2.75, 3.05) is 20.3 Å². The van der Waals surface area contributed by atoms with Crippen molar-refractivity contribution >= 4 is 10.0 Å². The van der Waals surface area contributed by atoms with Gasteiger partial charge in [0.05, 0.1) is 11.4 Å². The van der Waals surface area contributed by atoms with Crippen molar-refractivity contribution in [1.29, 1.82) is 0 Å². The first-order valence-electron chi connectivity index (χ1n) is 5.75. The molecule has 0 aliphatic heterocycles. The molecular weight excluding hydrogens is 256 g/mol. The quantitative estimate of drug-likeness (QED) is 0.573. The van der Waals surface area contributed by atoms with Crippen molar-refractivity contribution in [3.05, 3.63) is 11.4 Å². The lowest BCUT2D eigenvalue weighted by Gasteiger charge is -2.07. The molecule has 8 heteroatoms. The number of ether oxygens (including phenoxy) is 1. The summed E-state index contributed by atoms with van der Waals surface area (Å²) >= 11 is 0. The van der Waals surface area contributed by atoms with E-state index < -0.39 is 10.0 Å². The van der Waals surface area contributed by atoms with Gasteiger partial charge < -0.3 is 10.5 Å². The Labute approximate surface area is 107 Å². The van der Waals surface area contributed by atoms with Gasteiger partial charge in [-0.25, -0.2) is 13.1 Å². The third-order valence-electron chi connectivity index (χ3n) is 2.49. The van der Waals surface area contributed by atoms with E-state index in [9.17, 15) is 8.42 Å². The van der Waals surface area contributed by atoms with Gasteiger partial charge in [-0.1, -0.05) is 0 Å². The Hall–Kier alpha value is -0.960. The SMILES string of the molecule is COCCCCNS(=O)(=O)c1c(CN)n[nH]c1C. The number of aromatic amines is 1. The molecule has 7 nitrogen and oxygen atoms in total. The van der Waals surface area contributed by atoms with E-state index in [0.29, 0.717) is 24.5 Å². The van der Waals surface area contributed by atoms with E-state index in [1.807, 2.05) is 0 Å². The van der Waals surface area contributed by atoms with Crippen LogP contribution in [0.15, 0.2) is 4.90 Å². The molecule has 18 heavy (non-hydrogen) atoms. The van der Waals surface area contributed by atoms with E-state index in [4.69, 9.17) is 10.5 Å². The molecule has 1 heterocycles. The van der Waals surface area contributed by atoms with E-state index in [1.165, 1.54) is 0 Å². The summed E-state index contributed by atoms with van der Waals surface area (Å²) in [4.78, 5) is 0.164. The maximum Gasteiger partial charge on any atom is 0.244 e. The maximum absolute atomic E-state index is 12.1. The second-order valence-electron chi connectivity index (χ2n) is 3.93. The van der Waals surface area contributed by atoms with Crippen molar-refractivity contribution in [1.82, 2.24) is 14.9 Å². The van der Waals surface area contributed by atoms with Crippen LogP contribution in [0, 0.1) is 6.92 Å². The Morgan fingerprint density at radius 2 is 2.17 bits per heavy atom. The van der Waals surface area contributed by atoms with Crippen LogP contribution in [0.3, 0.4) is 0 Å². The summed E-state index contributed by atoms with van der Waals surface area (Å²) in [6.07, 6.45) is 1.54. The summed E-state index contributed by atoms with van der Waals surface area (Å²) in [6, 6.07) is 0. The fourth-order valence-electron chi connectivity index (χ4n) is 1.61. The van der Waals surface area contributed by atoms with E-state index in [-0.39, 0.29) is 11.4 Å². The van der Waals surface area contributed by atoms with Crippen LogP contribution in [-0.2, 0) is 21.3 Å². The Balaban J connectivity index is 2.65. The minimum absolute atomic E-state index is 0.0876. The van der Waals surface area contributed by atoms with Crippen LogP contribution in [0.4, 0.5) is 0 Å². The number of aromatic nitrogens is 2. The van der Waals surface area contributed by atoms with Crippen molar-refractivity contribution in [2.45, 2.75) is 31.2 Å². The number of unbranched alkanes of at least 4 members (excludes halogenated alkanes) is 1. The number of sulfonamides is 1. The zero-order valence-corrected chi connectivity index (χ0v) is 11.5. The number of nitrogens with one attached hydrogen (secondary N) is 2. The molecule has 1 rings (SSSR count). The molecule has 0 bridgehead atoms. The van der Waals surface area contributed by atoms with Gasteiger partial charge in [0.25, 0.3) is 0 Å². The van der Waals surface area contributed by atoms with Crippen LogP contribution in [0.1, 0.15) is 24.2 Å². The highest BCUT2D eigenvalue weighted by Gasteiger charge is 2.22. The number of aryl methyl sites for hydroxylation is 1. The van der Waals surface area contributed by atoms with Gasteiger partial charge in [0.15, 0.2) is 0 Å². The lowest BCUT2D eigenvalue weighted by Crippen LogP contribution is -2.26. The van der Waals surface area contributed by atoms with Crippen LogP contribution in [0.5, 0.6) is 0 Å². The predicted molar refractivity (Wildman–Crippen MR) is 67.5 cm³/mol. The van der Waals surface area contributed by atoms with Crippen molar-refractivity contribution in [3.63, 3.8) is 0 Å². The standard InChI is InChI=1S/C10H20N4O3S/c1-8-10(9(7-11)14-13-8)18(15,16)12-5-3-4-6-17-2/h12H,3-7,11H2,1-2H3,(H,13,14). The summed E-state index contributed by atoms with van der Waals surface area (Å²) in [7, 11) is -1.92. The first kappa shape index (κ1) is 15.1. The monoisotopic (exact) mass is 276 g/mol. The van der Waals surface area contributed by atoms with Gasteiger partial charge in [-0.2, -0.15) is 5.10 Å². The molecule has 0 aliphatic carbocycles. The number of methoxy groups -OCH3 is 1. The van der Waals surface area contributed by atoms with Gasteiger partial charge in [-0.15, -0.1) is 0 Å².